The fourth-order valence-electron chi connectivity index (χ4n) is 1.82. The zero-order valence-electron chi connectivity index (χ0n) is 9.02. The van der Waals surface area contributed by atoms with E-state index in [-0.39, 0.29) is 0 Å². The predicted molar refractivity (Wildman–Crippen MR) is 60.6 cm³/mol. The van der Waals surface area contributed by atoms with Gasteiger partial charge in [-0.2, -0.15) is 11.8 Å². The van der Waals surface area contributed by atoms with E-state index in [1.54, 1.807) is 0 Å². The summed E-state index contributed by atoms with van der Waals surface area (Å²) >= 11 is 2.05. The van der Waals surface area contributed by atoms with Crippen LogP contribution in [0.3, 0.4) is 0 Å². The van der Waals surface area contributed by atoms with Crippen molar-refractivity contribution < 1.29 is 0 Å². The highest BCUT2D eigenvalue weighted by atomic mass is 32.2. The first-order chi connectivity index (χ1) is 7.40. The molecule has 0 aliphatic carbocycles. The molecule has 1 N–H and O–H groups in total. The van der Waals surface area contributed by atoms with E-state index < -0.39 is 0 Å². The van der Waals surface area contributed by atoms with Gasteiger partial charge < -0.3 is 5.32 Å². The van der Waals surface area contributed by atoms with Gasteiger partial charge in [0.1, 0.15) is 0 Å². The van der Waals surface area contributed by atoms with Gasteiger partial charge >= 0.3 is 0 Å². The lowest BCUT2D eigenvalue weighted by atomic mass is 10.0. The summed E-state index contributed by atoms with van der Waals surface area (Å²) in [5.41, 5.74) is 0. The Morgan fingerprint density at radius 1 is 1.47 bits per heavy atom. The highest BCUT2D eigenvalue weighted by Gasteiger charge is 2.16. The van der Waals surface area contributed by atoms with Crippen LogP contribution in [0, 0.1) is 5.92 Å². The van der Waals surface area contributed by atoms with Gasteiger partial charge in [-0.15, -0.1) is 5.10 Å². The Morgan fingerprint density at radius 3 is 3.00 bits per heavy atom. The fourth-order valence-corrected chi connectivity index (χ4v) is 3.03. The van der Waals surface area contributed by atoms with E-state index in [2.05, 4.69) is 32.6 Å². The zero-order chi connectivity index (χ0) is 10.5. The molecule has 1 fully saturated rings. The summed E-state index contributed by atoms with van der Waals surface area (Å²) in [4.78, 5) is 0. The molecule has 0 bridgehead atoms. The number of nitrogens with one attached hydrogen (secondary N) is 1. The largest absolute Gasteiger partial charge is 0.313 e. The van der Waals surface area contributed by atoms with Gasteiger partial charge in [0.15, 0.2) is 5.82 Å². The molecule has 0 aromatic carbocycles. The summed E-state index contributed by atoms with van der Waals surface area (Å²) in [7, 11) is 1.91. The van der Waals surface area contributed by atoms with Gasteiger partial charge in [0, 0.05) is 6.54 Å². The van der Waals surface area contributed by atoms with Crippen LogP contribution < -0.4 is 5.32 Å². The summed E-state index contributed by atoms with van der Waals surface area (Å²) in [5.74, 6) is 4.27. The smallest absolute Gasteiger partial charge is 0.165 e. The molecule has 84 valence electrons. The molecular formula is C9H17N5S. The number of aromatic nitrogens is 4. The second-order valence-electron chi connectivity index (χ2n) is 3.86. The van der Waals surface area contributed by atoms with E-state index >= 15 is 0 Å². The third-order valence-electron chi connectivity index (χ3n) is 2.71. The molecule has 2 rings (SSSR count). The van der Waals surface area contributed by atoms with Gasteiger partial charge in [0.25, 0.3) is 0 Å². The Kier molecular flexibility index (Phi) is 3.96. The van der Waals surface area contributed by atoms with Gasteiger partial charge in [-0.1, -0.05) is 0 Å². The average Bonchev–Trinajstić information content (AvgIpc) is 2.68. The maximum Gasteiger partial charge on any atom is 0.165 e. The second kappa shape index (κ2) is 5.46. The van der Waals surface area contributed by atoms with Crippen molar-refractivity contribution in [3.63, 3.8) is 0 Å². The van der Waals surface area contributed by atoms with Gasteiger partial charge in [0.05, 0.1) is 6.54 Å². The van der Waals surface area contributed by atoms with Crippen molar-refractivity contribution in [2.24, 2.45) is 5.92 Å². The van der Waals surface area contributed by atoms with Crippen molar-refractivity contribution in [2.75, 3.05) is 18.6 Å². The van der Waals surface area contributed by atoms with Gasteiger partial charge in [-0.25, -0.2) is 4.68 Å². The summed E-state index contributed by atoms with van der Waals surface area (Å²) in [6, 6.07) is 0. The molecule has 0 radical (unpaired) electrons. The number of hydrogen-bond donors (Lipinski definition) is 1. The summed E-state index contributed by atoms with van der Waals surface area (Å²) < 4.78 is 1.94. The SMILES string of the molecule is CNCc1nnnn1CC1CCSCC1. The minimum absolute atomic E-state index is 0.745. The summed E-state index contributed by atoms with van der Waals surface area (Å²) in [6.07, 6.45) is 2.59. The normalized spacial score (nSPS) is 18.2. The topological polar surface area (TPSA) is 55.6 Å². The van der Waals surface area contributed by atoms with E-state index in [1.807, 2.05) is 11.7 Å². The molecule has 0 amide bonds. The van der Waals surface area contributed by atoms with Crippen LogP contribution in [0.2, 0.25) is 0 Å². The molecular weight excluding hydrogens is 210 g/mol. The quantitative estimate of drug-likeness (QED) is 0.813. The lowest BCUT2D eigenvalue weighted by molar-refractivity contribution is 0.379. The van der Waals surface area contributed by atoms with Crippen molar-refractivity contribution in [3.8, 4) is 0 Å². The molecule has 2 heterocycles. The van der Waals surface area contributed by atoms with Gasteiger partial charge in [-0.05, 0) is 47.7 Å². The minimum atomic E-state index is 0.745. The van der Waals surface area contributed by atoms with E-state index in [1.165, 1.54) is 24.3 Å². The van der Waals surface area contributed by atoms with E-state index in [0.717, 1.165) is 24.8 Å². The maximum absolute atomic E-state index is 4.04. The van der Waals surface area contributed by atoms with Crippen LogP contribution in [0.5, 0.6) is 0 Å². The monoisotopic (exact) mass is 227 g/mol. The molecule has 5 nitrogen and oxygen atoms in total. The molecule has 1 aliphatic rings. The Bertz CT molecular complexity index is 294. The number of thioether (sulfide) groups is 1. The average molecular weight is 227 g/mol. The molecule has 0 atom stereocenters. The van der Waals surface area contributed by atoms with Crippen LogP contribution in [0.25, 0.3) is 0 Å². The Morgan fingerprint density at radius 2 is 2.27 bits per heavy atom. The second-order valence-corrected chi connectivity index (χ2v) is 5.09. The molecule has 1 saturated heterocycles. The van der Waals surface area contributed by atoms with Crippen molar-refractivity contribution in [3.05, 3.63) is 5.82 Å². The van der Waals surface area contributed by atoms with E-state index in [4.69, 9.17) is 0 Å². The van der Waals surface area contributed by atoms with E-state index in [0.29, 0.717) is 0 Å². The molecule has 1 aromatic heterocycles. The molecule has 6 heteroatoms. The first-order valence-electron chi connectivity index (χ1n) is 5.37. The molecule has 0 saturated carbocycles. The highest BCUT2D eigenvalue weighted by molar-refractivity contribution is 7.99. The highest BCUT2D eigenvalue weighted by Crippen LogP contribution is 2.23. The van der Waals surface area contributed by atoms with Crippen LogP contribution in [0.15, 0.2) is 0 Å². The van der Waals surface area contributed by atoms with Crippen LogP contribution >= 0.6 is 11.8 Å². The van der Waals surface area contributed by atoms with Crippen molar-refractivity contribution in [1.29, 1.82) is 0 Å². The lowest BCUT2D eigenvalue weighted by Crippen LogP contribution is -2.20. The van der Waals surface area contributed by atoms with Crippen LogP contribution in [0.4, 0.5) is 0 Å². The number of hydrogen-bond acceptors (Lipinski definition) is 5. The molecule has 0 spiro atoms. The lowest BCUT2D eigenvalue weighted by Gasteiger charge is -2.21. The molecule has 15 heavy (non-hydrogen) atoms. The number of tetrazole rings is 1. The molecule has 1 aliphatic heterocycles. The van der Waals surface area contributed by atoms with Crippen LogP contribution in [-0.2, 0) is 13.1 Å². The molecule has 0 unspecified atom stereocenters. The van der Waals surface area contributed by atoms with Crippen LogP contribution in [0.1, 0.15) is 18.7 Å². The van der Waals surface area contributed by atoms with Gasteiger partial charge in [0.2, 0.25) is 0 Å². The molecule has 1 aromatic rings. The van der Waals surface area contributed by atoms with Crippen molar-refractivity contribution >= 4 is 11.8 Å². The first kappa shape index (κ1) is 10.9. The van der Waals surface area contributed by atoms with Crippen LogP contribution in [-0.4, -0.2) is 38.8 Å². The van der Waals surface area contributed by atoms with Gasteiger partial charge in [-0.3, -0.25) is 0 Å². The first-order valence-corrected chi connectivity index (χ1v) is 6.53. The third kappa shape index (κ3) is 2.92. The number of nitrogens with zero attached hydrogens (tertiary/aromatic N) is 4. The van der Waals surface area contributed by atoms with E-state index in [9.17, 15) is 0 Å². The number of rotatable bonds is 4. The zero-order valence-corrected chi connectivity index (χ0v) is 9.83. The minimum Gasteiger partial charge on any atom is -0.313 e. The standard InChI is InChI=1S/C9H17N5S/c1-10-6-9-11-12-13-14(9)7-8-2-4-15-5-3-8/h8,10H,2-7H2,1H3. The summed E-state index contributed by atoms with van der Waals surface area (Å²) in [5, 5.41) is 14.8. The Hall–Kier alpha value is -0.620. The van der Waals surface area contributed by atoms with Crippen molar-refractivity contribution in [1.82, 2.24) is 25.5 Å². The Labute approximate surface area is 94.0 Å². The Balaban J connectivity index is 1.93. The third-order valence-corrected chi connectivity index (χ3v) is 3.76. The predicted octanol–water partition coefficient (Wildman–Crippen LogP) is 0.536. The fraction of sp³-hybridized carbons (Fsp3) is 0.889. The summed E-state index contributed by atoms with van der Waals surface area (Å²) in [6.45, 7) is 1.72. The maximum atomic E-state index is 4.04. The van der Waals surface area contributed by atoms with Crippen molar-refractivity contribution in [2.45, 2.75) is 25.9 Å².